The van der Waals surface area contributed by atoms with Gasteiger partial charge in [0.25, 0.3) is 5.91 Å². The number of rotatable bonds is 9. The Hall–Kier alpha value is -1.77. The standard InChI is InChI=1S/C18H27NO2/c1-4-6-7-8-13-16(17(21-3)18(19)20)15-12-10-9-11-14(15)5-2/h9-12H,4-8,13H2,1-3H3,(H2,19,20). The van der Waals surface area contributed by atoms with E-state index in [1.807, 2.05) is 12.1 Å². The van der Waals surface area contributed by atoms with E-state index in [2.05, 4.69) is 26.0 Å². The summed E-state index contributed by atoms with van der Waals surface area (Å²) in [5, 5.41) is 0. The van der Waals surface area contributed by atoms with Crippen molar-refractivity contribution in [3.05, 3.63) is 41.2 Å². The second kappa shape index (κ2) is 9.22. The number of allylic oxidation sites excluding steroid dienone is 1. The minimum absolute atomic E-state index is 0.299. The molecule has 0 spiro atoms. The van der Waals surface area contributed by atoms with E-state index in [1.54, 1.807) is 0 Å². The number of amides is 1. The zero-order valence-corrected chi connectivity index (χ0v) is 13.4. The molecule has 0 unspecified atom stereocenters. The summed E-state index contributed by atoms with van der Waals surface area (Å²) < 4.78 is 5.29. The molecule has 0 aliphatic rings. The van der Waals surface area contributed by atoms with Crippen LogP contribution in [0.15, 0.2) is 30.0 Å². The molecule has 0 aliphatic heterocycles. The van der Waals surface area contributed by atoms with Gasteiger partial charge in [-0.3, -0.25) is 4.79 Å². The van der Waals surface area contributed by atoms with Crippen LogP contribution in [0.4, 0.5) is 0 Å². The van der Waals surface area contributed by atoms with E-state index in [1.165, 1.54) is 25.5 Å². The Kier molecular flexibility index (Phi) is 7.59. The van der Waals surface area contributed by atoms with Crippen molar-refractivity contribution < 1.29 is 9.53 Å². The van der Waals surface area contributed by atoms with Gasteiger partial charge in [0.05, 0.1) is 7.11 Å². The zero-order valence-electron chi connectivity index (χ0n) is 13.4. The van der Waals surface area contributed by atoms with Crippen molar-refractivity contribution in [3.8, 4) is 0 Å². The predicted octanol–water partition coefficient (Wildman–Crippen LogP) is 4.06. The molecule has 0 radical (unpaired) electrons. The average molecular weight is 289 g/mol. The first kappa shape index (κ1) is 17.3. The summed E-state index contributed by atoms with van der Waals surface area (Å²) in [4.78, 5) is 11.7. The molecule has 21 heavy (non-hydrogen) atoms. The summed E-state index contributed by atoms with van der Waals surface area (Å²) in [6.07, 6.45) is 6.35. The van der Waals surface area contributed by atoms with Gasteiger partial charge in [0.1, 0.15) is 0 Å². The van der Waals surface area contributed by atoms with Crippen LogP contribution in [0.3, 0.4) is 0 Å². The minimum Gasteiger partial charge on any atom is -0.491 e. The number of methoxy groups -OCH3 is 1. The first-order valence-corrected chi connectivity index (χ1v) is 7.80. The van der Waals surface area contributed by atoms with Crippen LogP contribution in [-0.2, 0) is 16.0 Å². The summed E-state index contributed by atoms with van der Waals surface area (Å²) in [6.45, 7) is 4.30. The summed E-state index contributed by atoms with van der Waals surface area (Å²) in [6, 6.07) is 8.16. The number of ether oxygens (including phenoxy) is 1. The third kappa shape index (κ3) is 4.92. The first-order chi connectivity index (χ1) is 10.2. The van der Waals surface area contributed by atoms with Crippen molar-refractivity contribution in [2.24, 2.45) is 5.73 Å². The van der Waals surface area contributed by atoms with Gasteiger partial charge in [-0.25, -0.2) is 0 Å². The fourth-order valence-corrected chi connectivity index (χ4v) is 2.59. The maximum absolute atomic E-state index is 11.7. The van der Waals surface area contributed by atoms with E-state index in [-0.39, 0.29) is 0 Å². The number of primary amides is 1. The van der Waals surface area contributed by atoms with Gasteiger partial charge in [0.15, 0.2) is 5.76 Å². The molecule has 1 aromatic carbocycles. The molecule has 0 atom stereocenters. The molecule has 0 saturated heterocycles. The van der Waals surface area contributed by atoms with Crippen LogP contribution in [0.25, 0.3) is 5.57 Å². The predicted molar refractivity (Wildman–Crippen MR) is 87.7 cm³/mol. The van der Waals surface area contributed by atoms with Crippen molar-refractivity contribution >= 4 is 11.5 Å². The first-order valence-electron chi connectivity index (χ1n) is 7.80. The fourth-order valence-electron chi connectivity index (χ4n) is 2.59. The van der Waals surface area contributed by atoms with E-state index in [0.717, 1.165) is 36.8 Å². The highest BCUT2D eigenvalue weighted by atomic mass is 16.5. The highest BCUT2D eigenvalue weighted by Gasteiger charge is 2.17. The number of benzene rings is 1. The molecule has 3 heteroatoms. The van der Waals surface area contributed by atoms with Gasteiger partial charge < -0.3 is 10.5 Å². The van der Waals surface area contributed by atoms with Crippen LogP contribution in [0.5, 0.6) is 0 Å². The molecular formula is C18H27NO2. The number of aryl methyl sites for hydroxylation is 1. The maximum Gasteiger partial charge on any atom is 0.284 e. The topological polar surface area (TPSA) is 52.3 Å². The van der Waals surface area contributed by atoms with Gasteiger partial charge >= 0.3 is 0 Å². The molecule has 3 nitrogen and oxygen atoms in total. The molecule has 0 saturated carbocycles. The van der Waals surface area contributed by atoms with Crippen LogP contribution in [-0.4, -0.2) is 13.0 Å². The van der Waals surface area contributed by atoms with Gasteiger partial charge in [0, 0.05) is 5.57 Å². The Bertz CT molecular complexity index is 492. The van der Waals surface area contributed by atoms with E-state index >= 15 is 0 Å². The molecule has 0 fully saturated rings. The van der Waals surface area contributed by atoms with Crippen LogP contribution in [0.2, 0.25) is 0 Å². The molecule has 0 heterocycles. The lowest BCUT2D eigenvalue weighted by molar-refractivity contribution is -0.117. The lowest BCUT2D eigenvalue weighted by atomic mass is 9.92. The van der Waals surface area contributed by atoms with Gasteiger partial charge in [-0.1, -0.05) is 57.4 Å². The highest BCUT2D eigenvalue weighted by Crippen LogP contribution is 2.28. The van der Waals surface area contributed by atoms with Gasteiger partial charge in [-0.05, 0) is 30.4 Å². The van der Waals surface area contributed by atoms with E-state index in [0.29, 0.717) is 5.76 Å². The molecule has 0 aliphatic carbocycles. The smallest absolute Gasteiger partial charge is 0.284 e. The van der Waals surface area contributed by atoms with Crippen molar-refractivity contribution in [1.82, 2.24) is 0 Å². The maximum atomic E-state index is 11.7. The minimum atomic E-state index is -0.492. The van der Waals surface area contributed by atoms with Crippen molar-refractivity contribution in [1.29, 1.82) is 0 Å². The lowest BCUT2D eigenvalue weighted by Gasteiger charge is -2.15. The number of hydrogen-bond donors (Lipinski definition) is 1. The molecule has 1 rings (SSSR count). The van der Waals surface area contributed by atoms with Crippen LogP contribution >= 0.6 is 0 Å². The third-order valence-electron chi connectivity index (χ3n) is 3.71. The molecule has 1 aromatic rings. The van der Waals surface area contributed by atoms with Crippen LogP contribution < -0.4 is 5.73 Å². The monoisotopic (exact) mass is 289 g/mol. The number of carbonyl (C=O) groups is 1. The largest absolute Gasteiger partial charge is 0.491 e. The van der Waals surface area contributed by atoms with Crippen LogP contribution in [0.1, 0.15) is 57.1 Å². The summed E-state index contributed by atoms with van der Waals surface area (Å²) in [5.74, 6) is -0.193. The summed E-state index contributed by atoms with van der Waals surface area (Å²) >= 11 is 0. The van der Waals surface area contributed by atoms with Gasteiger partial charge in [0.2, 0.25) is 0 Å². The second-order valence-corrected chi connectivity index (χ2v) is 5.20. The Labute approximate surface area is 128 Å². The van der Waals surface area contributed by atoms with E-state index in [4.69, 9.17) is 10.5 Å². The number of nitrogens with two attached hydrogens (primary N) is 1. The fraction of sp³-hybridized carbons (Fsp3) is 0.500. The second-order valence-electron chi connectivity index (χ2n) is 5.20. The highest BCUT2D eigenvalue weighted by molar-refractivity contribution is 5.98. The van der Waals surface area contributed by atoms with Crippen LogP contribution in [0, 0.1) is 0 Å². The third-order valence-corrected chi connectivity index (χ3v) is 3.71. The molecule has 0 aromatic heterocycles. The van der Waals surface area contributed by atoms with Crippen molar-refractivity contribution in [2.75, 3.05) is 7.11 Å². The van der Waals surface area contributed by atoms with Gasteiger partial charge in [-0.15, -0.1) is 0 Å². The summed E-state index contributed by atoms with van der Waals surface area (Å²) in [7, 11) is 1.51. The average Bonchev–Trinajstić information content (AvgIpc) is 2.50. The molecule has 2 N–H and O–H groups in total. The SMILES string of the molecule is CCCCCCC(=C(OC)C(N)=O)c1ccccc1CC. The number of hydrogen-bond acceptors (Lipinski definition) is 2. The Morgan fingerprint density at radius 3 is 2.43 bits per heavy atom. The number of carbonyl (C=O) groups excluding carboxylic acids is 1. The normalized spacial score (nSPS) is 12.0. The van der Waals surface area contributed by atoms with E-state index < -0.39 is 5.91 Å². The van der Waals surface area contributed by atoms with Crippen molar-refractivity contribution in [2.45, 2.75) is 52.4 Å². The molecular weight excluding hydrogens is 262 g/mol. The van der Waals surface area contributed by atoms with E-state index in [9.17, 15) is 4.79 Å². The number of unbranched alkanes of at least 4 members (excludes halogenated alkanes) is 3. The molecule has 1 amide bonds. The Balaban J connectivity index is 3.15. The van der Waals surface area contributed by atoms with Gasteiger partial charge in [-0.2, -0.15) is 0 Å². The molecule has 0 bridgehead atoms. The quantitative estimate of drug-likeness (QED) is 0.423. The Morgan fingerprint density at radius 1 is 1.14 bits per heavy atom. The summed E-state index contributed by atoms with van der Waals surface area (Å²) in [5.41, 5.74) is 8.74. The lowest BCUT2D eigenvalue weighted by Crippen LogP contribution is -2.17. The van der Waals surface area contributed by atoms with Crippen molar-refractivity contribution in [3.63, 3.8) is 0 Å². The Morgan fingerprint density at radius 2 is 1.86 bits per heavy atom. The molecule has 116 valence electrons. The zero-order chi connectivity index (χ0) is 15.7.